The maximum Gasteiger partial charge on any atom is 0.301 e. The smallest absolute Gasteiger partial charge is 0.301 e. The van der Waals surface area contributed by atoms with Gasteiger partial charge >= 0.3 is 6.01 Å². The lowest BCUT2D eigenvalue weighted by atomic mass is 10.2. The van der Waals surface area contributed by atoms with E-state index in [4.69, 9.17) is 14.5 Å². The van der Waals surface area contributed by atoms with Crippen molar-refractivity contribution in [3.05, 3.63) is 78.1 Å². The van der Waals surface area contributed by atoms with Gasteiger partial charge in [0.2, 0.25) is 0 Å². The number of ether oxygens (including phenoxy) is 2. The number of aromatic nitrogens is 4. The lowest BCUT2D eigenvalue weighted by molar-refractivity contribution is -0.0345. The van der Waals surface area contributed by atoms with Crippen LogP contribution in [-0.4, -0.2) is 26.1 Å². The molecule has 4 aromatic rings. The predicted molar refractivity (Wildman–Crippen MR) is 119 cm³/mol. The second-order valence-electron chi connectivity index (χ2n) is 7.59. The van der Waals surface area contributed by atoms with Gasteiger partial charge in [-0.1, -0.05) is 60.7 Å². The Morgan fingerprint density at radius 1 is 0.968 bits per heavy atom. The van der Waals surface area contributed by atoms with Gasteiger partial charge in [-0.25, -0.2) is 9.97 Å². The average molecular weight is 415 g/mol. The van der Waals surface area contributed by atoms with Crippen LogP contribution in [0.5, 0.6) is 6.01 Å². The maximum absolute atomic E-state index is 6.16. The summed E-state index contributed by atoms with van der Waals surface area (Å²) in [5.41, 5.74) is 3.67. The number of rotatable bonds is 7. The van der Waals surface area contributed by atoms with Crippen molar-refractivity contribution in [1.82, 2.24) is 19.5 Å². The number of hydrogen-bond acceptors (Lipinski definition) is 6. The molecule has 1 unspecified atom stereocenters. The Hall–Kier alpha value is -3.45. The van der Waals surface area contributed by atoms with Crippen LogP contribution in [0.15, 0.2) is 67.0 Å². The summed E-state index contributed by atoms with van der Waals surface area (Å²) in [5, 5.41) is 3.40. The van der Waals surface area contributed by atoms with Crippen LogP contribution >= 0.6 is 0 Å². The number of imidazole rings is 1. The largest absolute Gasteiger partial charge is 0.460 e. The van der Waals surface area contributed by atoms with Crippen molar-refractivity contribution in [3.63, 3.8) is 0 Å². The molecule has 2 aromatic carbocycles. The van der Waals surface area contributed by atoms with Crippen molar-refractivity contribution >= 4 is 17.0 Å². The molecule has 1 saturated heterocycles. The van der Waals surface area contributed by atoms with Crippen LogP contribution in [0.25, 0.3) is 11.2 Å². The van der Waals surface area contributed by atoms with Gasteiger partial charge in [0, 0.05) is 13.2 Å². The fraction of sp³-hybridized carbons (Fsp3) is 0.292. The van der Waals surface area contributed by atoms with Gasteiger partial charge in [0.1, 0.15) is 19.2 Å². The first-order valence-corrected chi connectivity index (χ1v) is 10.7. The topological polar surface area (TPSA) is 74.1 Å². The van der Waals surface area contributed by atoms with E-state index in [9.17, 15) is 0 Å². The third-order valence-corrected chi connectivity index (χ3v) is 5.40. The first-order chi connectivity index (χ1) is 15.4. The lowest BCUT2D eigenvalue weighted by Crippen LogP contribution is -2.19. The second-order valence-corrected chi connectivity index (χ2v) is 7.59. The molecule has 1 N–H and O–H groups in total. The Balaban J connectivity index is 1.47. The molecule has 7 nitrogen and oxygen atoms in total. The van der Waals surface area contributed by atoms with Crippen LogP contribution in [0.3, 0.4) is 0 Å². The summed E-state index contributed by atoms with van der Waals surface area (Å²) in [4.78, 5) is 13.8. The quantitative estimate of drug-likeness (QED) is 0.471. The van der Waals surface area contributed by atoms with Crippen LogP contribution in [0.1, 0.15) is 36.6 Å². The van der Waals surface area contributed by atoms with Crippen molar-refractivity contribution in [3.8, 4) is 6.01 Å². The molecule has 2 aromatic heterocycles. The van der Waals surface area contributed by atoms with Crippen molar-refractivity contribution in [2.45, 2.75) is 38.6 Å². The third-order valence-electron chi connectivity index (χ3n) is 5.40. The number of hydrogen-bond donors (Lipinski definition) is 1. The van der Waals surface area contributed by atoms with Gasteiger partial charge in [-0.3, -0.25) is 4.57 Å². The monoisotopic (exact) mass is 415 g/mol. The zero-order valence-corrected chi connectivity index (χ0v) is 17.3. The highest BCUT2D eigenvalue weighted by atomic mass is 16.5. The van der Waals surface area contributed by atoms with E-state index >= 15 is 0 Å². The summed E-state index contributed by atoms with van der Waals surface area (Å²) in [5.74, 6) is 0.688. The molecule has 0 saturated carbocycles. The maximum atomic E-state index is 6.16. The highest BCUT2D eigenvalue weighted by Gasteiger charge is 2.25. The fourth-order valence-corrected chi connectivity index (χ4v) is 3.81. The molecule has 0 spiro atoms. The number of nitrogens with zero attached hydrogens (tertiary/aromatic N) is 4. The predicted octanol–water partition coefficient (Wildman–Crippen LogP) is 4.72. The second kappa shape index (κ2) is 9.14. The molecule has 0 bridgehead atoms. The molecule has 0 aliphatic carbocycles. The fourth-order valence-electron chi connectivity index (χ4n) is 3.81. The molecule has 1 fully saturated rings. The summed E-state index contributed by atoms with van der Waals surface area (Å²) in [6.45, 7) is 1.81. The molecular formula is C24H25N5O2. The van der Waals surface area contributed by atoms with Crippen LogP contribution in [0.2, 0.25) is 0 Å². The van der Waals surface area contributed by atoms with E-state index < -0.39 is 0 Å². The van der Waals surface area contributed by atoms with Crippen LogP contribution in [0, 0.1) is 0 Å². The number of fused-ring (bicyclic) bond motifs is 1. The SMILES string of the molecule is c1ccc(CNc2ncnc3c2nc(OCc2ccccc2)n3C2CCCCO2)cc1. The zero-order chi connectivity index (χ0) is 20.9. The summed E-state index contributed by atoms with van der Waals surface area (Å²) in [7, 11) is 0. The van der Waals surface area contributed by atoms with Crippen LogP contribution < -0.4 is 10.1 Å². The van der Waals surface area contributed by atoms with Gasteiger partial charge in [0.15, 0.2) is 17.0 Å². The van der Waals surface area contributed by atoms with E-state index in [1.807, 2.05) is 53.1 Å². The van der Waals surface area contributed by atoms with Gasteiger partial charge in [-0.2, -0.15) is 4.98 Å². The van der Waals surface area contributed by atoms with E-state index in [0.29, 0.717) is 30.5 Å². The summed E-state index contributed by atoms with van der Waals surface area (Å²) < 4.78 is 14.2. The molecule has 158 valence electrons. The Bertz CT molecular complexity index is 1120. The summed E-state index contributed by atoms with van der Waals surface area (Å²) in [6.07, 6.45) is 4.51. The lowest BCUT2D eigenvalue weighted by Gasteiger charge is -2.25. The van der Waals surface area contributed by atoms with E-state index in [1.165, 1.54) is 5.56 Å². The van der Waals surface area contributed by atoms with Crippen LogP contribution in [0.4, 0.5) is 5.82 Å². The Morgan fingerprint density at radius 3 is 2.48 bits per heavy atom. The Kier molecular flexibility index (Phi) is 5.75. The summed E-state index contributed by atoms with van der Waals surface area (Å²) >= 11 is 0. The first kappa shape index (κ1) is 19.5. The number of anilines is 1. The van der Waals surface area contributed by atoms with Gasteiger partial charge in [-0.15, -0.1) is 0 Å². The minimum absolute atomic E-state index is 0.138. The average Bonchev–Trinajstić information content (AvgIpc) is 3.22. The van der Waals surface area contributed by atoms with E-state index in [2.05, 4.69) is 27.4 Å². The van der Waals surface area contributed by atoms with Gasteiger partial charge in [-0.05, 0) is 30.4 Å². The summed E-state index contributed by atoms with van der Waals surface area (Å²) in [6, 6.07) is 20.8. The third kappa shape index (κ3) is 4.36. The minimum atomic E-state index is -0.138. The van der Waals surface area contributed by atoms with Crippen molar-refractivity contribution < 1.29 is 9.47 Å². The van der Waals surface area contributed by atoms with Gasteiger partial charge in [0.05, 0.1) is 0 Å². The normalized spacial score (nSPS) is 16.3. The van der Waals surface area contributed by atoms with Gasteiger partial charge < -0.3 is 14.8 Å². The molecule has 0 radical (unpaired) electrons. The molecule has 1 aliphatic heterocycles. The van der Waals surface area contributed by atoms with Crippen LogP contribution in [-0.2, 0) is 17.9 Å². The number of nitrogens with one attached hydrogen (secondary N) is 1. The van der Waals surface area contributed by atoms with Crippen molar-refractivity contribution in [1.29, 1.82) is 0 Å². The molecule has 3 heterocycles. The molecule has 7 heteroatoms. The van der Waals surface area contributed by atoms with Crippen molar-refractivity contribution in [2.24, 2.45) is 0 Å². The molecule has 1 aliphatic rings. The highest BCUT2D eigenvalue weighted by Crippen LogP contribution is 2.33. The number of benzene rings is 2. The van der Waals surface area contributed by atoms with Gasteiger partial charge in [0.25, 0.3) is 0 Å². The molecule has 0 amide bonds. The Labute approximate surface area is 181 Å². The molecular weight excluding hydrogens is 390 g/mol. The van der Waals surface area contributed by atoms with E-state index in [1.54, 1.807) is 6.33 Å². The van der Waals surface area contributed by atoms with Crippen molar-refractivity contribution in [2.75, 3.05) is 11.9 Å². The minimum Gasteiger partial charge on any atom is -0.460 e. The molecule has 1 atom stereocenters. The first-order valence-electron chi connectivity index (χ1n) is 10.7. The molecule has 31 heavy (non-hydrogen) atoms. The zero-order valence-electron chi connectivity index (χ0n) is 17.3. The highest BCUT2D eigenvalue weighted by molar-refractivity contribution is 5.84. The van der Waals surface area contributed by atoms with E-state index in [-0.39, 0.29) is 6.23 Å². The van der Waals surface area contributed by atoms with E-state index in [0.717, 1.165) is 37.1 Å². The Morgan fingerprint density at radius 2 is 1.74 bits per heavy atom. The molecule has 5 rings (SSSR count). The standard InChI is InChI=1S/C24H25N5O2/c1-3-9-18(10-4-1)15-25-22-21-23(27-17-26-22)29(20-13-7-8-14-30-20)24(28-21)31-16-19-11-5-2-6-12-19/h1-6,9-12,17,20H,7-8,13-16H2,(H,25,26,27).